The summed E-state index contributed by atoms with van der Waals surface area (Å²) in [6, 6.07) is 12.2. The van der Waals surface area contributed by atoms with Gasteiger partial charge in [0, 0.05) is 20.1 Å². The van der Waals surface area contributed by atoms with E-state index in [2.05, 4.69) is 74.8 Å². The molecule has 0 bridgehead atoms. The van der Waals surface area contributed by atoms with Crippen LogP contribution in [0.3, 0.4) is 0 Å². The number of rotatable bonds is 9. The van der Waals surface area contributed by atoms with Crippen LogP contribution >= 0.6 is 0 Å². The quantitative estimate of drug-likeness (QED) is 0.378. The fourth-order valence-corrected chi connectivity index (χ4v) is 3.98. The SMILES string of the molecule is CCC/C=C/C([NH3+])(CCCC[Si](C)(C)C)c1ccccc1. The number of unbranched alkanes of at least 4 members (excludes halogenated alkanes) is 2. The van der Waals surface area contributed by atoms with E-state index >= 15 is 0 Å². The maximum Gasteiger partial charge on any atom is 0.139 e. The summed E-state index contributed by atoms with van der Waals surface area (Å²) in [7, 11) is -0.902. The Hall–Kier alpha value is -0.863. The molecule has 1 unspecified atom stereocenters. The first-order valence-electron chi connectivity index (χ1n) is 8.46. The highest BCUT2D eigenvalue weighted by atomic mass is 28.3. The summed E-state index contributed by atoms with van der Waals surface area (Å²) in [6.45, 7) is 9.61. The Kier molecular flexibility index (Phi) is 7.40. The third kappa shape index (κ3) is 7.10. The molecule has 1 atom stereocenters. The van der Waals surface area contributed by atoms with E-state index in [4.69, 9.17) is 0 Å². The Balaban J connectivity index is 2.69. The molecule has 118 valence electrons. The summed E-state index contributed by atoms with van der Waals surface area (Å²) >= 11 is 0. The van der Waals surface area contributed by atoms with Gasteiger partial charge < -0.3 is 5.73 Å². The zero-order valence-corrected chi connectivity index (χ0v) is 15.5. The van der Waals surface area contributed by atoms with Crippen molar-refractivity contribution < 1.29 is 5.73 Å². The van der Waals surface area contributed by atoms with Crippen molar-refractivity contribution in [3.05, 3.63) is 48.0 Å². The summed E-state index contributed by atoms with van der Waals surface area (Å²) in [5.41, 5.74) is 5.88. The Bertz CT molecular complexity index is 419. The minimum Gasteiger partial charge on any atom is -0.346 e. The van der Waals surface area contributed by atoms with E-state index in [0.29, 0.717) is 0 Å². The highest BCUT2D eigenvalue weighted by Gasteiger charge is 2.27. The van der Waals surface area contributed by atoms with Crippen molar-refractivity contribution in [3.8, 4) is 0 Å². The first-order chi connectivity index (χ1) is 9.87. The summed E-state index contributed by atoms with van der Waals surface area (Å²) < 4.78 is 0. The molecule has 0 saturated heterocycles. The minimum atomic E-state index is -0.902. The number of benzene rings is 1. The molecule has 1 aromatic rings. The van der Waals surface area contributed by atoms with E-state index in [-0.39, 0.29) is 5.54 Å². The molecule has 0 saturated carbocycles. The molecule has 3 N–H and O–H groups in total. The van der Waals surface area contributed by atoms with Crippen LogP contribution in [0.1, 0.15) is 44.6 Å². The van der Waals surface area contributed by atoms with Crippen LogP contribution in [0.2, 0.25) is 25.7 Å². The molecule has 2 heteroatoms. The van der Waals surface area contributed by atoms with Crippen LogP contribution < -0.4 is 5.73 Å². The highest BCUT2D eigenvalue weighted by molar-refractivity contribution is 6.76. The van der Waals surface area contributed by atoms with Crippen LogP contribution in [0.25, 0.3) is 0 Å². The molecule has 0 aliphatic carbocycles. The second-order valence-electron chi connectivity index (χ2n) is 7.48. The topological polar surface area (TPSA) is 27.6 Å². The average molecular weight is 305 g/mol. The van der Waals surface area contributed by atoms with Crippen LogP contribution in [0, 0.1) is 0 Å². The second kappa shape index (κ2) is 8.55. The zero-order chi connectivity index (χ0) is 15.8. The largest absolute Gasteiger partial charge is 0.346 e. The monoisotopic (exact) mass is 304 g/mol. The van der Waals surface area contributed by atoms with E-state index in [0.717, 1.165) is 12.8 Å². The molecule has 0 spiro atoms. The van der Waals surface area contributed by atoms with Gasteiger partial charge in [-0.2, -0.15) is 0 Å². The summed E-state index contributed by atoms with van der Waals surface area (Å²) in [5.74, 6) is 0. The smallest absolute Gasteiger partial charge is 0.139 e. The van der Waals surface area contributed by atoms with Crippen molar-refractivity contribution in [1.82, 2.24) is 0 Å². The molecule has 0 radical (unpaired) electrons. The van der Waals surface area contributed by atoms with Gasteiger partial charge >= 0.3 is 0 Å². The van der Waals surface area contributed by atoms with Gasteiger partial charge in [0.1, 0.15) is 5.54 Å². The number of quaternary nitrogens is 1. The molecule has 0 heterocycles. The van der Waals surface area contributed by atoms with Gasteiger partial charge in [-0.1, -0.05) is 81.9 Å². The molecule has 1 aromatic carbocycles. The van der Waals surface area contributed by atoms with Crippen LogP contribution in [0.15, 0.2) is 42.5 Å². The summed E-state index contributed by atoms with van der Waals surface area (Å²) in [5, 5.41) is 0. The molecule has 0 aromatic heterocycles. The van der Waals surface area contributed by atoms with Crippen molar-refractivity contribution in [2.75, 3.05) is 0 Å². The van der Waals surface area contributed by atoms with Gasteiger partial charge in [0.15, 0.2) is 0 Å². The first kappa shape index (κ1) is 18.2. The molecule has 21 heavy (non-hydrogen) atoms. The maximum absolute atomic E-state index is 4.57. The molecule has 1 nitrogen and oxygen atoms in total. The molecular formula is C19H34NSi+. The van der Waals surface area contributed by atoms with E-state index in [9.17, 15) is 0 Å². The van der Waals surface area contributed by atoms with Crippen LogP contribution in [0.5, 0.6) is 0 Å². The third-order valence-electron chi connectivity index (χ3n) is 4.04. The molecule has 0 aliphatic heterocycles. The lowest BCUT2D eigenvalue weighted by Crippen LogP contribution is -2.68. The molecular weight excluding hydrogens is 270 g/mol. The Labute approximate surface area is 132 Å². The van der Waals surface area contributed by atoms with Gasteiger partial charge in [0.2, 0.25) is 0 Å². The van der Waals surface area contributed by atoms with Crippen molar-refractivity contribution in [2.24, 2.45) is 0 Å². The minimum absolute atomic E-state index is 0.0458. The van der Waals surface area contributed by atoms with Crippen molar-refractivity contribution in [3.63, 3.8) is 0 Å². The van der Waals surface area contributed by atoms with Gasteiger partial charge in [-0.3, -0.25) is 0 Å². The van der Waals surface area contributed by atoms with Crippen molar-refractivity contribution >= 4 is 8.07 Å². The molecule has 1 rings (SSSR count). The van der Waals surface area contributed by atoms with Gasteiger partial charge in [0.25, 0.3) is 0 Å². The van der Waals surface area contributed by atoms with Crippen LogP contribution in [-0.2, 0) is 5.54 Å². The van der Waals surface area contributed by atoms with Gasteiger partial charge in [-0.25, -0.2) is 0 Å². The summed E-state index contributed by atoms with van der Waals surface area (Å²) in [6.07, 6.45) is 10.8. The summed E-state index contributed by atoms with van der Waals surface area (Å²) in [4.78, 5) is 0. The lowest BCUT2D eigenvalue weighted by atomic mass is 9.85. The lowest BCUT2D eigenvalue weighted by molar-refractivity contribution is -0.470. The Morgan fingerprint density at radius 3 is 2.33 bits per heavy atom. The molecule has 0 fully saturated rings. The predicted octanol–water partition coefficient (Wildman–Crippen LogP) is 4.99. The van der Waals surface area contributed by atoms with Crippen molar-refractivity contribution in [1.29, 1.82) is 0 Å². The van der Waals surface area contributed by atoms with Crippen LogP contribution in [0.4, 0.5) is 0 Å². The molecule has 0 amide bonds. The zero-order valence-electron chi connectivity index (χ0n) is 14.5. The van der Waals surface area contributed by atoms with E-state index in [1.807, 2.05) is 0 Å². The fraction of sp³-hybridized carbons (Fsp3) is 0.579. The lowest BCUT2D eigenvalue weighted by Gasteiger charge is -2.24. The van der Waals surface area contributed by atoms with Crippen LogP contribution in [-0.4, -0.2) is 8.07 Å². The van der Waals surface area contributed by atoms with E-state index in [1.54, 1.807) is 0 Å². The predicted molar refractivity (Wildman–Crippen MR) is 97.1 cm³/mol. The first-order valence-corrected chi connectivity index (χ1v) is 12.2. The standard InChI is InChI=1S/C19H33NSi/c1-5-6-10-15-19(20,18-13-8-7-9-14-18)16-11-12-17-21(2,3)4/h7-10,13-15H,5-6,11-12,16-17,20H2,1-4H3/p+1/b15-10+. The fourth-order valence-electron chi connectivity index (χ4n) is 2.67. The highest BCUT2D eigenvalue weighted by Crippen LogP contribution is 2.26. The molecule has 0 aliphatic rings. The maximum atomic E-state index is 4.57. The second-order valence-corrected chi connectivity index (χ2v) is 13.1. The van der Waals surface area contributed by atoms with Gasteiger partial charge in [-0.05, 0) is 18.9 Å². The van der Waals surface area contributed by atoms with E-state index in [1.165, 1.54) is 30.9 Å². The van der Waals surface area contributed by atoms with Gasteiger partial charge in [-0.15, -0.1) is 0 Å². The Morgan fingerprint density at radius 1 is 1.10 bits per heavy atom. The number of hydrogen-bond acceptors (Lipinski definition) is 0. The third-order valence-corrected chi connectivity index (χ3v) is 5.89. The van der Waals surface area contributed by atoms with Crippen molar-refractivity contribution in [2.45, 2.75) is 70.3 Å². The number of allylic oxidation sites excluding steroid dienone is 1. The normalized spacial score (nSPS) is 15.3. The Morgan fingerprint density at radius 2 is 1.76 bits per heavy atom. The van der Waals surface area contributed by atoms with Gasteiger partial charge in [0.05, 0.1) is 0 Å². The number of hydrogen-bond donors (Lipinski definition) is 1. The average Bonchev–Trinajstić information content (AvgIpc) is 2.44. The van der Waals surface area contributed by atoms with E-state index < -0.39 is 8.07 Å².